The van der Waals surface area contributed by atoms with Gasteiger partial charge >= 0.3 is 0 Å². The monoisotopic (exact) mass is 316 g/mol. The molecule has 3 heterocycles. The summed E-state index contributed by atoms with van der Waals surface area (Å²) in [5.41, 5.74) is 1.91. The van der Waals surface area contributed by atoms with Crippen LogP contribution in [-0.2, 0) is 24.3 Å². The molecule has 0 bridgehead atoms. The Morgan fingerprint density at radius 3 is 2.87 bits per heavy atom. The van der Waals surface area contributed by atoms with Gasteiger partial charge in [0.05, 0.1) is 11.7 Å². The van der Waals surface area contributed by atoms with Crippen molar-refractivity contribution >= 4 is 5.91 Å². The molecule has 0 aromatic carbocycles. The number of amides is 1. The van der Waals surface area contributed by atoms with E-state index in [1.165, 1.54) is 6.42 Å². The van der Waals surface area contributed by atoms with Gasteiger partial charge in [-0.1, -0.05) is 6.42 Å². The standard InChI is InChI=1S/C16H24N6O/c1-11-9-12(2)22(20-11)10-15(23)17-13(3)16-19-18-14-7-5-4-6-8-21(14)16/h9,13H,4-8,10H2,1-3H3,(H,17,23). The third kappa shape index (κ3) is 3.43. The van der Waals surface area contributed by atoms with Gasteiger partial charge in [-0.3, -0.25) is 9.48 Å². The van der Waals surface area contributed by atoms with Crippen LogP contribution in [-0.4, -0.2) is 30.5 Å². The van der Waals surface area contributed by atoms with Crippen molar-refractivity contribution in [2.45, 2.75) is 65.6 Å². The van der Waals surface area contributed by atoms with Crippen LogP contribution in [0.15, 0.2) is 6.07 Å². The molecule has 0 saturated heterocycles. The maximum atomic E-state index is 12.3. The third-order valence-electron chi connectivity index (χ3n) is 4.30. The number of nitrogens with one attached hydrogen (secondary N) is 1. The molecule has 0 aliphatic carbocycles. The molecule has 3 rings (SSSR count). The van der Waals surface area contributed by atoms with Gasteiger partial charge in [0, 0.05) is 18.7 Å². The van der Waals surface area contributed by atoms with Gasteiger partial charge in [-0.25, -0.2) is 0 Å². The third-order valence-corrected chi connectivity index (χ3v) is 4.30. The molecule has 0 fully saturated rings. The SMILES string of the molecule is Cc1cc(C)n(CC(=O)NC(C)c2nnc3n2CCCCC3)n1. The minimum absolute atomic E-state index is 0.0605. The van der Waals surface area contributed by atoms with E-state index in [-0.39, 0.29) is 18.5 Å². The molecule has 2 aromatic rings. The molecule has 1 N–H and O–H groups in total. The summed E-state index contributed by atoms with van der Waals surface area (Å²) in [6.07, 6.45) is 4.50. The number of hydrogen-bond donors (Lipinski definition) is 1. The lowest BCUT2D eigenvalue weighted by Gasteiger charge is -2.15. The highest BCUT2D eigenvalue weighted by molar-refractivity contribution is 5.76. The van der Waals surface area contributed by atoms with Gasteiger partial charge in [0.25, 0.3) is 0 Å². The van der Waals surface area contributed by atoms with Gasteiger partial charge in [-0.2, -0.15) is 5.10 Å². The van der Waals surface area contributed by atoms with E-state index in [0.717, 1.165) is 48.8 Å². The molecular formula is C16H24N6O. The van der Waals surface area contributed by atoms with Gasteiger partial charge < -0.3 is 9.88 Å². The lowest BCUT2D eigenvalue weighted by Crippen LogP contribution is -2.32. The summed E-state index contributed by atoms with van der Waals surface area (Å²) in [6, 6.07) is 1.81. The largest absolute Gasteiger partial charge is 0.345 e. The Hall–Kier alpha value is -2.18. The summed E-state index contributed by atoms with van der Waals surface area (Å²) in [7, 11) is 0. The molecule has 23 heavy (non-hydrogen) atoms. The van der Waals surface area contributed by atoms with E-state index >= 15 is 0 Å². The molecule has 1 amide bonds. The van der Waals surface area contributed by atoms with Crippen molar-refractivity contribution in [1.82, 2.24) is 29.9 Å². The number of fused-ring (bicyclic) bond motifs is 1. The molecule has 7 nitrogen and oxygen atoms in total. The molecule has 1 atom stereocenters. The second-order valence-electron chi connectivity index (χ2n) is 6.31. The number of nitrogens with zero attached hydrogens (tertiary/aromatic N) is 5. The van der Waals surface area contributed by atoms with Gasteiger partial charge in [0.1, 0.15) is 12.4 Å². The molecule has 1 aliphatic heterocycles. The van der Waals surface area contributed by atoms with Gasteiger partial charge in [-0.05, 0) is 39.7 Å². The van der Waals surface area contributed by atoms with Crippen molar-refractivity contribution < 1.29 is 4.79 Å². The predicted molar refractivity (Wildman–Crippen MR) is 85.8 cm³/mol. The van der Waals surface area contributed by atoms with Gasteiger partial charge in [0.2, 0.25) is 5.91 Å². The van der Waals surface area contributed by atoms with E-state index in [0.29, 0.717) is 0 Å². The van der Waals surface area contributed by atoms with Crippen molar-refractivity contribution in [3.05, 3.63) is 29.1 Å². The van der Waals surface area contributed by atoms with Crippen LogP contribution in [0.2, 0.25) is 0 Å². The second kappa shape index (κ2) is 6.52. The van der Waals surface area contributed by atoms with Crippen molar-refractivity contribution in [1.29, 1.82) is 0 Å². The van der Waals surface area contributed by atoms with E-state index in [1.54, 1.807) is 4.68 Å². The molecule has 0 radical (unpaired) electrons. The number of rotatable bonds is 4. The van der Waals surface area contributed by atoms with Crippen LogP contribution in [0.5, 0.6) is 0 Å². The summed E-state index contributed by atoms with van der Waals surface area (Å²) in [6.45, 7) is 7.01. The number of carbonyl (C=O) groups excluding carboxylic acids is 1. The maximum Gasteiger partial charge on any atom is 0.242 e. The molecule has 1 unspecified atom stereocenters. The summed E-state index contributed by atoms with van der Waals surface area (Å²) in [5.74, 6) is 1.83. The topological polar surface area (TPSA) is 77.6 Å². The molecule has 1 aliphatic rings. The second-order valence-corrected chi connectivity index (χ2v) is 6.31. The summed E-state index contributed by atoms with van der Waals surface area (Å²) in [4.78, 5) is 12.3. The first-order valence-corrected chi connectivity index (χ1v) is 8.27. The molecule has 0 saturated carbocycles. The summed E-state index contributed by atoms with van der Waals surface area (Å²) >= 11 is 0. The van der Waals surface area contributed by atoms with Crippen molar-refractivity contribution in [2.24, 2.45) is 0 Å². The minimum atomic E-state index is -0.154. The fourth-order valence-electron chi connectivity index (χ4n) is 3.15. The van der Waals surface area contributed by atoms with E-state index in [4.69, 9.17) is 0 Å². The minimum Gasteiger partial charge on any atom is -0.345 e. The highest BCUT2D eigenvalue weighted by Crippen LogP contribution is 2.18. The summed E-state index contributed by atoms with van der Waals surface area (Å²) in [5, 5.41) is 15.9. The van der Waals surface area contributed by atoms with Crippen molar-refractivity contribution in [3.8, 4) is 0 Å². The van der Waals surface area contributed by atoms with Crippen molar-refractivity contribution in [2.75, 3.05) is 0 Å². The Labute approximate surface area is 136 Å². The van der Waals surface area contributed by atoms with E-state index in [9.17, 15) is 4.79 Å². The van der Waals surface area contributed by atoms with Crippen LogP contribution in [0.4, 0.5) is 0 Å². The Balaban J connectivity index is 1.67. The van der Waals surface area contributed by atoms with Crippen LogP contribution < -0.4 is 5.32 Å². The smallest absolute Gasteiger partial charge is 0.242 e. The maximum absolute atomic E-state index is 12.3. The zero-order chi connectivity index (χ0) is 16.4. The van der Waals surface area contributed by atoms with Gasteiger partial charge in [-0.15, -0.1) is 10.2 Å². The first-order valence-electron chi connectivity index (χ1n) is 8.27. The van der Waals surface area contributed by atoms with E-state index in [2.05, 4.69) is 25.2 Å². The average Bonchev–Trinajstić information content (AvgIpc) is 2.93. The fourth-order valence-corrected chi connectivity index (χ4v) is 3.15. The lowest BCUT2D eigenvalue weighted by atomic mass is 10.2. The Bertz CT molecular complexity index is 701. The zero-order valence-corrected chi connectivity index (χ0v) is 14.0. The van der Waals surface area contributed by atoms with Crippen LogP contribution in [0.3, 0.4) is 0 Å². The highest BCUT2D eigenvalue weighted by atomic mass is 16.2. The van der Waals surface area contributed by atoms with Crippen molar-refractivity contribution in [3.63, 3.8) is 0 Å². The van der Waals surface area contributed by atoms with Crippen LogP contribution in [0, 0.1) is 13.8 Å². The molecule has 7 heteroatoms. The Morgan fingerprint density at radius 1 is 1.30 bits per heavy atom. The van der Waals surface area contributed by atoms with Crippen LogP contribution >= 0.6 is 0 Å². The van der Waals surface area contributed by atoms with Gasteiger partial charge in [0.15, 0.2) is 5.82 Å². The van der Waals surface area contributed by atoms with Crippen LogP contribution in [0.1, 0.15) is 55.3 Å². The lowest BCUT2D eigenvalue weighted by molar-refractivity contribution is -0.122. The average molecular weight is 316 g/mol. The molecule has 124 valence electrons. The Morgan fingerprint density at radius 2 is 2.13 bits per heavy atom. The summed E-state index contributed by atoms with van der Waals surface area (Å²) < 4.78 is 3.89. The van der Waals surface area contributed by atoms with Crippen LogP contribution in [0.25, 0.3) is 0 Å². The Kier molecular flexibility index (Phi) is 4.45. The number of aromatic nitrogens is 5. The number of hydrogen-bond acceptors (Lipinski definition) is 4. The number of aryl methyl sites for hydroxylation is 3. The quantitative estimate of drug-likeness (QED) is 0.931. The fraction of sp³-hybridized carbons (Fsp3) is 0.625. The first-order chi connectivity index (χ1) is 11.0. The normalized spacial score (nSPS) is 15.8. The van der Waals surface area contributed by atoms with E-state index < -0.39 is 0 Å². The van der Waals surface area contributed by atoms with E-state index in [1.807, 2.05) is 26.8 Å². The predicted octanol–water partition coefficient (Wildman–Crippen LogP) is 1.70. The molecule has 0 spiro atoms. The number of carbonyl (C=O) groups is 1. The first kappa shape index (κ1) is 15.7. The molecule has 2 aromatic heterocycles. The zero-order valence-electron chi connectivity index (χ0n) is 14.0. The molecular weight excluding hydrogens is 292 g/mol. The highest BCUT2D eigenvalue weighted by Gasteiger charge is 2.20.